The Kier molecular flexibility index (Phi) is 3.28. The zero-order valence-corrected chi connectivity index (χ0v) is 12.0. The third-order valence-electron chi connectivity index (χ3n) is 3.71. The zero-order valence-electron chi connectivity index (χ0n) is 12.0. The number of alkyl halides is 3. The first-order valence-corrected chi connectivity index (χ1v) is 6.66. The molecule has 2 radical (unpaired) electrons. The standard InChI is InChI=1S/C14H11BF4N4/c1-13(8-4-7(15)2-3-9(8)16)6-23-5-10(14(17,18)19)21-12(23)11(20)22-13/h2-5H,6H2,1H3,(H2,20,22). The molecule has 1 atom stereocenters. The van der Waals surface area contributed by atoms with E-state index in [0.29, 0.717) is 5.46 Å². The molecule has 1 aromatic carbocycles. The van der Waals surface area contributed by atoms with Gasteiger partial charge in [-0.15, -0.1) is 0 Å². The highest BCUT2D eigenvalue weighted by atomic mass is 19.4. The molecule has 118 valence electrons. The number of imidazole rings is 1. The zero-order chi connectivity index (χ0) is 17.0. The number of amidine groups is 1. The third kappa shape index (κ3) is 2.60. The average Bonchev–Trinajstić information content (AvgIpc) is 2.85. The Morgan fingerprint density at radius 3 is 2.70 bits per heavy atom. The smallest absolute Gasteiger partial charge is 0.381 e. The Morgan fingerprint density at radius 2 is 2.04 bits per heavy atom. The molecule has 1 aromatic heterocycles. The molecule has 0 saturated heterocycles. The summed E-state index contributed by atoms with van der Waals surface area (Å²) in [5.74, 6) is -0.826. The number of nitrogens with zero attached hydrogens (tertiary/aromatic N) is 3. The monoisotopic (exact) mass is 322 g/mol. The summed E-state index contributed by atoms with van der Waals surface area (Å²) in [4.78, 5) is 7.64. The summed E-state index contributed by atoms with van der Waals surface area (Å²) in [6.45, 7) is 1.54. The number of aromatic nitrogens is 2. The first kappa shape index (κ1) is 15.6. The van der Waals surface area contributed by atoms with E-state index in [1.165, 1.54) is 22.8 Å². The van der Waals surface area contributed by atoms with Gasteiger partial charge in [0.25, 0.3) is 0 Å². The molecule has 2 heterocycles. The number of benzene rings is 1. The minimum absolute atomic E-state index is 0.0352. The van der Waals surface area contributed by atoms with Crippen LogP contribution in [0.15, 0.2) is 29.4 Å². The van der Waals surface area contributed by atoms with Gasteiger partial charge in [0.2, 0.25) is 0 Å². The fourth-order valence-electron chi connectivity index (χ4n) is 2.66. The minimum Gasteiger partial charge on any atom is -0.381 e. The van der Waals surface area contributed by atoms with Gasteiger partial charge in [0.15, 0.2) is 17.4 Å². The molecule has 9 heteroatoms. The average molecular weight is 322 g/mol. The van der Waals surface area contributed by atoms with E-state index in [2.05, 4.69) is 9.98 Å². The lowest BCUT2D eigenvalue weighted by Crippen LogP contribution is -2.38. The van der Waals surface area contributed by atoms with Crippen molar-refractivity contribution in [2.24, 2.45) is 10.7 Å². The van der Waals surface area contributed by atoms with Crippen molar-refractivity contribution in [3.8, 4) is 0 Å². The lowest BCUT2D eigenvalue weighted by atomic mass is 9.85. The van der Waals surface area contributed by atoms with Gasteiger partial charge in [-0.1, -0.05) is 17.6 Å². The van der Waals surface area contributed by atoms with Crippen LogP contribution in [0.1, 0.15) is 24.0 Å². The quantitative estimate of drug-likeness (QED) is 0.638. The van der Waals surface area contributed by atoms with Crippen LogP contribution in [0.5, 0.6) is 0 Å². The summed E-state index contributed by atoms with van der Waals surface area (Å²) in [7, 11) is 5.67. The number of halogens is 4. The van der Waals surface area contributed by atoms with Crippen LogP contribution in [0, 0.1) is 5.82 Å². The van der Waals surface area contributed by atoms with Crippen molar-refractivity contribution in [3.05, 3.63) is 47.3 Å². The van der Waals surface area contributed by atoms with Gasteiger partial charge in [-0.3, -0.25) is 4.99 Å². The van der Waals surface area contributed by atoms with Crippen molar-refractivity contribution < 1.29 is 17.6 Å². The van der Waals surface area contributed by atoms with E-state index < -0.39 is 23.2 Å². The maximum Gasteiger partial charge on any atom is 0.434 e. The maximum atomic E-state index is 14.1. The summed E-state index contributed by atoms with van der Waals surface area (Å²) in [5, 5.41) is 0. The van der Waals surface area contributed by atoms with Gasteiger partial charge in [-0.25, -0.2) is 9.37 Å². The highest BCUT2D eigenvalue weighted by Gasteiger charge is 2.39. The van der Waals surface area contributed by atoms with Crippen LogP contribution in [-0.4, -0.2) is 23.2 Å². The predicted octanol–water partition coefficient (Wildman–Crippen LogP) is 1.47. The lowest BCUT2D eigenvalue weighted by molar-refractivity contribution is -0.141. The molecule has 0 amide bonds. The van der Waals surface area contributed by atoms with Gasteiger partial charge >= 0.3 is 6.18 Å². The number of hydrogen-bond acceptors (Lipinski definition) is 3. The Bertz CT molecular complexity index is 812. The van der Waals surface area contributed by atoms with Gasteiger partial charge in [0, 0.05) is 11.8 Å². The molecule has 1 aliphatic rings. The molecule has 23 heavy (non-hydrogen) atoms. The molecule has 1 unspecified atom stereocenters. The highest BCUT2D eigenvalue weighted by molar-refractivity contribution is 6.32. The van der Waals surface area contributed by atoms with Crippen molar-refractivity contribution in [3.63, 3.8) is 0 Å². The van der Waals surface area contributed by atoms with Gasteiger partial charge in [0.05, 0.1) is 6.54 Å². The summed E-state index contributed by atoms with van der Waals surface area (Å²) < 4.78 is 53.8. The fraction of sp³-hybridized carbons (Fsp3) is 0.286. The number of hydrogen-bond donors (Lipinski definition) is 1. The first-order valence-electron chi connectivity index (χ1n) is 6.66. The maximum absolute atomic E-state index is 14.1. The molecule has 1 aliphatic heterocycles. The Balaban J connectivity index is 2.10. The van der Waals surface area contributed by atoms with Crippen molar-refractivity contribution in [2.45, 2.75) is 25.2 Å². The molecule has 0 spiro atoms. The van der Waals surface area contributed by atoms with Crippen molar-refractivity contribution in [1.82, 2.24) is 9.55 Å². The number of aliphatic imine (C=N–C) groups is 1. The largest absolute Gasteiger partial charge is 0.434 e. The van der Waals surface area contributed by atoms with Gasteiger partial charge < -0.3 is 10.3 Å². The summed E-state index contributed by atoms with van der Waals surface area (Å²) in [6, 6.07) is 3.98. The van der Waals surface area contributed by atoms with Gasteiger partial charge in [-0.05, 0) is 13.0 Å². The molecule has 3 rings (SSSR count). The Labute approximate surface area is 130 Å². The first-order chi connectivity index (χ1) is 10.6. The molecule has 0 saturated carbocycles. The Morgan fingerprint density at radius 1 is 1.35 bits per heavy atom. The van der Waals surface area contributed by atoms with Crippen LogP contribution >= 0.6 is 0 Å². The van der Waals surface area contributed by atoms with Gasteiger partial charge in [-0.2, -0.15) is 13.2 Å². The molecular weight excluding hydrogens is 311 g/mol. The van der Waals surface area contributed by atoms with Crippen LogP contribution in [0.25, 0.3) is 0 Å². The van der Waals surface area contributed by atoms with Crippen molar-refractivity contribution in [1.29, 1.82) is 0 Å². The molecule has 0 aliphatic carbocycles. The van der Waals surface area contributed by atoms with E-state index >= 15 is 0 Å². The van der Waals surface area contributed by atoms with Crippen LogP contribution in [0.3, 0.4) is 0 Å². The lowest BCUT2D eigenvalue weighted by Gasteiger charge is -2.31. The second-order valence-corrected chi connectivity index (χ2v) is 5.59. The molecule has 2 aromatic rings. The van der Waals surface area contributed by atoms with Crippen LogP contribution in [0.2, 0.25) is 0 Å². The van der Waals surface area contributed by atoms with Crippen LogP contribution in [0.4, 0.5) is 17.6 Å². The second kappa shape index (κ2) is 4.84. The normalized spacial score (nSPS) is 21.0. The summed E-state index contributed by atoms with van der Waals surface area (Å²) >= 11 is 0. The van der Waals surface area contributed by atoms with Crippen LogP contribution in [-0.2, 0) is 18.3 Å². The summed E-state index contributed by atoms with van der Waals surface area (Å²) in [6.07, 6.45) is -3.75. The third-order valence-corrected chi connectivity index (χ3v) is 3.71. The topological polar surface area (TPSA) is 56.2 Å². The number of nitrogens with two attached hydrogens (primary N) is 1. The van der Waals surface area contributed by atoms with Crippen LogP contribution < -0.4 is 11.2 Å². The molecule has 4 nitrogen and oxygen atoms in total. The van der Waals surface area contributed by atoms with Crippen molar-refractivity contribution >= 4 is 19.1 Å². The van der Waals surface area contributed by atoms with E-state index in [-0.39, 0.29) is 23.8 Å². The molecule has 2 N–H and O–H groups in total. The van der Waals surface area contributed by atoms with E-state index in [0.717, 1.165) is 6.20 Å². The van der Waals surface area contributed by atoms with Gasteiger partial charge in [0.1, 0.15) is 19.2 Å². The second-order valence-electron chi connectivity index (χ2n) is 5.59. The molecule has 0 bridgehead atoms. The highest BCUT2D eigenvalue weighted by Crippen LogP contribution is 2.35. The van der Waals surface area contributed by atoms with Crippen molar-refractivity contribution in [2.75, 3.05) is 0 Å². The fourth-order valence-corrected chi connectivity index (χ4v) is 2.66. The Hall–Kier alpha value is -2.32. The number of fused-ring (bicyclic) bond motifs is 1. The SMILES string of the molecule is [B]c1ccc(F)c(C2(C)Cn3cc(C(F)(F)F)nc3C(N)=N2)c1. The van der Waals surface area contributed by atoms with E-state index in [1.807, 2.05) is 0 Å². The van der Waals surface area contributed by atoms with E-state index in [1.54, 1.807) is 6.92 Å². The minimum atomic E-state index is -4.59. The molecular formula is C14H11BF4N4. The summed E-state index contributed by atoms with van der Waals surface area (Å²) in [5.41, 5.74) is 3.99. The number of rotatable bonds is 1. The molecule has 0 fully saturated rings. The van der Waals surface area contributed by atoms with E-state index in [4.69, 9.17) is 13.6 Å². The predicted molar refractivity (Wildman–Crippen MR) is 77.1 cm³/mol. The van der Waals surface area contributed by atoms with E-state index in [9.17, 15) is 17.6 Å².